The maximum atomic E-state index is 9.78. The topological polar surface area (TPSA) is 45.2 Å². The molecule has 0 bridgehead atoms. The molecule has 104 valence electrons. The highest BCUT2D eigenvalue weighted by Gasteiger charge is 2.10. The molecule has 1 N–H and O–H groups in total. The lowest BCUT2D eigenvalue weighted by atomic mass is 10.3. The van der Waals surface area contributed by atoms with Crippen LogP contribution in [0.4, 0.5) is 0 Å². The molecular formula is C12H28N2O3. The van der Waals surface area contributed by atoms with E-state index < -0.39 is 6.10 Å². The van der Waals surface area contributed by atoms with Crippen LogP contribution in [0.2, 0.25) is 0 Å². The summed E-state index contributed by atoms with van der Waals surface area (Å²) in [6, 6.07) is 0. The van der Waals surface area contributed by atoms with Gasteiger partial charge in [0.15, 0.2) is 0 Å². The number of nitrogens with zero attached hydrogens (tertiary/aromatic N) is 2. The quantitative estimate of drug-likeness (QED) is 0.584. The van der Waals surface area contributed by atoms with E-state index in [0.717, 1.165) is 13.1 Å². The van der Waals surface area contributed by atoms with Crippen molar-refractivity contribution in [3.63, 3.8) is 0 Å². The van der Waals surface area contributed by atoms with Crippen LogP contribution in [0.25, 0.3) is 0 Å². The van der Waals surface area contributed by atoms with Crippen LogP contribution in [0.3, 0.4) is 0 Å². The fourth-order valence-electron chi connectivity index (χ4n) is 1.43. The standard InChI is InChI=1S/C12H28N2O3/c1-11(9-16-5)17-10-12(15)8-14(4)7-6-13(2)3/h11-12,15H,6-10H2,1-5H3. The van der Waals surface area contributed by atoms with Crippen molar-refractivity contribution >= 4 is 0 Å². The lowest BCUT2D eigenvalue weighted by molar-refractivity contribution is -0.0382. The molecule has 5 heteroatoms. The zero-order valence-corrected chi connectivity index (χ0v) is 11.8. The molecule has 0 radical (unpaired) electrons. The smallest absolute Gasteiger partial charge is 0.0900 e. The van der Waals surface area contributed by atoms with Gasteiger partial charge < -0.3 is 24.4 Å². The lowest BCUT2D eigenvalue weighted by Crippen LogP contribution is -2.37. The Morgan fingerprint density at radius 2 is 1.76 bits per heavy atom. The largest absolute Gasteiger partial charge is 0.389 e. The third-order valence-electron chi connectivity index (χ3n) is 2.43. The van der Waals surface area contributed by atoms with Crippen molar-refractivity contribution in [2.24, 2.45) is 0 Å². The van der Waals surface area contributed by atoms with Gasteiger partial charge in [-0.1, -0.05) is 0 Å². The monoisotopic (exact) mass is 248 g/mol. The van der Waals surface area contributed by atoms with Gasteiger partial charge in [0.2, 0.25) is 0 Å². The summed E-state index contributed by atoms with van der Waals surface area (Å²) < 4.78 is 10.4. The maximum absolute atomic E-state index is 9.78. The molecule has 0 saturated carbocycles. The van der Waals surface area contributed by atoms with Gasteiger partial charge in [-0.3, -0.25) is 0 Å². The van der Waals surface area contributed by atoms with E-state index in [1.807, 2.05) is 28.1 Å². The van der Waals surface area contributed by atoms with E-state index in [-0.39, 0.29) is 6.10 Å². The minimum atomic E-state index is -0.443. The second-order valence-electron chi connectivity index (χ2n) is 4.82. The second-order valence-corrected chi connectivity index (χ2v) is 4.82. The molecule has 17 heavy (non-hydrogen) atoms. The predicted molar refractivity (Wildman–Crippen MR) is 69.3 cm³/mol. The molecule has 0 aliphatic carbocycles. The van der Waals surface area contributed by atoms with Gasteiger partial charge in [-0.2, -0.15) is 0 Å². The fraction of sp³-hybridized carbons (Fsp3) is 1.00. The molecule has 2 unspecified atom stereocenters. The highest BCUT2D eigenvalue weighted by Crippen LogP contribution is 1.96. The molecule has 0 aromatic heterocycles. The number of hydrogen-bond acceptors (Lipinski definition) is 5. The Morgan fingerprint density at radius 1 is 1.12 bits per heavy atom. The van der Waals surface area contributed by atoms with Crippen LogP contribution in [-0.4, -0.2) is 88.2 Å². The van der Waals surface area contributed by atoms with Gasteiger partial charge in [0, 0.05) is 26.7 Å². The van der Waals surface area contributed by atoms with Gasteiger partial charge in [-0.05, 0) is 28.1 Å². The molecule has 0 saturated heterocycles. The summed E-state index contributed by atoms with van der Waals surface area (Å²) in [4.78, 5) is 4.23. The number of likely N-dealkylation sites (N-methyl/N-ethyl adjacent to an activating group) is 2. The Balaban J connectivity index is 3.59. The molecule has 0 aromatic carbocycles. The van der Waals surface area contributed by atoms with Crippen LogP contribution >= 0.6 is 0 Å². The summed E-state index contributed by atoms with van der Waals surface area (Å²) in [6.07, 6.45) is -0.414. The van der Waals surface area contributed by atoms with E-state index in [9.17, 15) is 5.11 Å². The van der Waals surface area contributed by atoms with Gasteiger partial charge in [-0.25, -0.2) is 0 Å². The number of ether oxygens (including phenoxy) is 2. The summed E-state index contributed by atoms with van der Waals surface area (Å²) in [7, 11) is 7.73. The zero-order chi connectivity index (χ0) is 13.3. The average molecular weight is 248 g/mol. The van der Waals surface area contributed by atoms with Crippen LogP contribution < -0.4 is 0 Å². The summed E-state index contributed by atoms with van der Waals surface area (Å²) in [5.74, 6) is 0. The highest BCUT2D eigenvalue weighted by atomic mass is 16.5. The Morgan fingerprint density at radius 3 is 2.29 bits per heavy atom. The third kappa shape index (κ3) is 10.7. The SMILES string of the molecule is COCC(C)OCC(O)CN(C)CCN(C)C. The van der Waals surface area contributed by atoms with E-state index in [2.05, 4.69) is 9.80 Å². The van der Waals surface area contributed by atoms with E-state index in [4.69, 9.17) is 9.47 Å². The second kappa shape index (κ2) is 9.79. The minimum Gasteiger partial charge on any atom is -0.389 e. The van der Waals surface area contributed by atoms with E-state index >= 15 is 0 Å². The first kappa shape index (κ1) is 16.8. The lowest BCUT2D eigenvalue weighted by Gasteiger charge is -2.23. The Kier molecular flexibility index (Phi) is 9.68. The van der Waals surface area contributed by atoms with E-state index in [1.165, 1.54) is 0 Å². The highest BCUT2D eigenvalue weighted by molar-refractivity contribution is 4.62. The summed E-state index contributed by atoms with van der Waals surface area (Å²) >= 11 is 0. The number of hydrogen-bond donors (Lipinski definition) is 1. The first-order valence-corrected chi connectivity index (χ1v) is 6.07. The molecule has 0 aliphatic rings. The molecule has 0 heterocycles. The Hall–Kier alpha value is -0.200. The molecule has 0 amide bonds. The molecule has 0 fully saturated rings. The van der Waals surface area contributed by atoms with E-state index in [1.54, 1.807) is 7.11 Å². The van der Waals surface area contributed by atoms with Crippen LogP contribution in [0.15, 0.2) is 0 Å². The number of methoxy groups -OCH3 is 1. The Labute approximate surface area is 105 Å². The molecular weight excluding hydrogens is 220 g/mol. The first-order chi connectivity index (χ1) is 7.95. The van der Waals surface area contributed by atoms with Crippen molar-refractivity contribution < 1.29 is 14.6 Å². The van der Waals surface area contributed by atoms with Gasteiger partial charge in [0.25, 0.3) is 0 Å². The van der Waals surface area contributed by atoms with Crippen molar-refractivity contribution in [2.45, 2.75) is 19.1 Å². The zero-order valence-electron chi connectivity index (χ0n) is 11.8. The van der Waals surface area contributed by atoms with Crippen LogP contribution in [0.1, 0.15) is 6.92 Å². The van der Waals surface area contributed by atoms with Crippen molar-refractivity contribution in [2.75, 3.05) is 61.1 Å². The van der Waals surface area contributed by atoms with Crippen molar-refractivity contribution in [3.05, 3.63) is 0 Å². The number of aliphatic hydroxyl groups excluding tert-OH is 1. The number of rotatable bonds is 10. The van der Waals surface area contributed by atoms with Crippen LogP contribution in [0.5, 0.6) is 0 Å². The average Bonchev–Trinajstić information content (AvgIpc) is 2.24. The molecule has 0 aliphatic heterocycles. The maximum Gasteiger partial charge on any atom is 0.0900 e. The minimum absolute atomic E-state index is 0.0294. The summed E-state index contributed by atoms with van der Waals surface area (Å²) in [6.45, 7) is 5.42. The van der Waals surface area contributed by atoms with Crippen LogP contribution in [-0.2, 0) is 9.47 Å². The van der Waals surface area contributed by atoms with Crippen LogP contribution in [0, 0.1) is 0 Å². The molecule has 0 aromatic rings. The molecule has 0 spiro atoms. The van der Waals surface area contributed by atoms with Gasteiger partial charge >= 0.3 is 0 Å². The normalized spacial score (nSPS) is 15.5. The number of aliphatic hydroxyl groups is 1. The molecule has 5 nitrogen and oxygen atoms in total. The molecule has 0 rings (SSSR count). The van der Waals surface area contributed by atoms with Crippen molar-refractivity contribution in [1.82, 2.24) is 9.80 Å². The van der Waals surface area contributed by atoms with Gasteiger partial charge in [0.05, 0.1) is 25.4 Å². The predicted octanol–water partition coefficient (Wildman–Crippen LogP) is -0.108. The fourth-order valence-corrected chi connectivity index (χ4v) is 1.43. The summed E-state index contributed by atoms with van der Waals surface area (Å²) in [5, 5.41) is 9.78. The molecule has 2 atom stereocenters. The van der Waals surface area contributed by atoms with Crippen molar-refractivity contribution in [3.8, 4) is 0 Å². The van der Waals surface area contributed by atoms with Gasteiger partial charge in [-0.15, -0.1) is 0 Å². The Bertz CT molecular complexity index is 179. The van der Waals surface area contributed by atoms with E-state index in [0.29, 0.717) is 19.8 Å². The van der Waals surface area contributed by atoms with Gasteiger partial charge in [0.1, 0.15) is 0 Å². The summed E-state index contributed by atoms with van der Waals surface area (Å²) in [5.41, 5.74) is 0. The first-order valence-electron chi connectivity index (χ1n) is 6.07. The van der Waals surface area contributed by atoms with Crippen molar-refractivity contribution in [1.29, 1.82) is 0 Å². The third-order valence-corrected chi connectivity index (χ3v) is 2.43.